The fourth-order valence-electron chi connectivity index (χ4n) is 3.19. The van der Waals surface area contributed by atoms with Crippen molar-refractivity contribution in [3.63, 3.8) is 0 Å². The van der Waals surface area contributed by atoms with Gasteiger partial charge in [0.2, 0.25) is 0 Å². The van der Waals surface area contributed by atoms with Crippen LogP contribution < -0.4 is 10.6 Å². The van der Waals surface area contributed by atoms with Crippen molar-refractivity contribution in [2.24, 2.45) is 0 Å². The standard InChI is InChI=1S/C24H21N3OS/c28-24(26-15-18-13-22(16-25-14-18)21-11-12-29-17-21)27-23(19-7-3-1-4-8-19)20-9-5-2-6-10-20/h1-14,16-17,23H,15H2,(H2,26,27,28). The first-order chi connectivity index (χ1) is 14.3. The van der Waals surface area contributed by atoms with E-state index in [0.29, 0.717) is 6.54 Å². The van der Waals surface area contributed by atoms with Crippen LogP contribution in [0.2, 0.25) is 0 Å². The number of rotatable bonds is 6. The lowest BCUT2D eigenvalue weighted by atomic mass is 9.99. The molecule has 4 rings (SSSR count). The lowest BCUT2D eigenvalue weighted by Gasteiger charge is -2.20. The fourth-order valence-corrected chi connectivity index (χ4v) is 3.85. The SMILES string of the molecule is O=C(NCc1cncc(-c2ccsc2)c1)NC(c1ccccc1)c1ccccc1. The van der Waals surface area contributed by atoms with Gasteiger partial charge < -0.3 is 10.6 Å². The Morgan fingerprint density at radius 2 is 1.59 bits per heavy atom. The molecule has 4 nitrogen and oxygen atoms in total. The second kappa shape index (κ2) is 9.17. The Morgan fingerprint density at radius 3 is 2.21 bits per heavy atom. The minimum Gasteiger partial charge on any atom is -0.334 e. The smallest absolute Gasteiger partial charge is 0.315 e. The van der Waals surface area contributed by atoms with Gasteiger partial charge in [0.05, 0.1) is 6.04 Å². The average molecular weight is 400 g/mol. The van der Waals surface area contributed by atoms with E-state index in [0.717, 1.165) is 27.8 Å². The Balaban J connectivity index is 1.44. The number of pyridine rings is 1. The zero-order valence-electron chi connectivity index (χ0n) is 15.8. The van der Waals surface area contributed by atoms with Crippen LogP contribution in [-0.2, 0) is 6.54 Å². The monoisotopic (exact) mass is 399 g/mol. The summed E-state index contributed by atoms with van der Waals surface area (Å²) < 4.78 is 0. The highest BCUT2D eigenvalue weighted by Crippen LogP contribution is 2.23. The third-order valence-corrected chi connectivity index (χ3v) is 5.33. The molecule has 2 N–H and O–H groups in total. The lowest BCUT2D eigenvalue weighted by Crippen LogP contribution is -2.38. The van der Waals surface area contributed by atoms with Gasteiger partial charge in [0.1, 0.15) is 0 Å². The van der Waals surface area contributed by atoms with Gasteiger partial charge in [-0.2, -0.15) is 11.3 Å². The molecule has 0 aliphatic carbocycles. The number of benzene rings is 2. The molecule has 0 saturated carbocycles. The highest BCUT2D eigenvalue weighted by atomic mass is 32.1. The van der Waals surface area contributed by atoms with Gasteiger partial charge in [0, 0.05) is 24.5 Å². The summed E-state index contributed by atoms with van der Waals surface area (Å²) in [5.74, 6) is 0. The van der Waals surface area contributed by atoms with Crippen molar-refractivity contribution in [1.82, 2.24) is 15.6 Å². The van der Waals surface area contributed by atoms with E-state index in [-0.39, 0.29) is 12.1 Å². The maximum Gasteiger partial charge on any atom is 0.315 e. The third kappa shape index (κ3) is 4.89. The van der Waals surface area contributed by atoms with E-state index in [4.69, 9.17) is 0 Å². The maximum absolute atomic E-state index is 12.6. The number of carbonyl (C=O) groups is 1. The normalized spacial score (nSPS) is 10.7. The van der Waals surface area contributed by atoms with E-state index in [1.54, 1.807) is 17.5 Å². The predicted molar refractivity (Wildman–Crippen MR) is 118 cm³/mol. The van der Waals surface area contributed by atoms with Gasteiger partial charge in [-0.3, -0.25) is 4.98 Å². The zero-order chi connectivity index (χ0) is 19.9. The molecule has 0 fully saturated rings. The van der Waals surface area contributed by atoms with Crippen molar-refractivity contribution in [1.29, 1.82) is 0 Å². The van der Waals surface area contributed by atoms with Gasteiger partial charge in [0.25, 0.3) is 0 Å². The van der Waals surface area contributed by atoms with E-state index >= 15 is 0 Å². The lowest BCUT2D eigenvalue weighted by molar-refractivity contribution is 0.238. The molecule has 0 aliphatic rings. The number of urea groups is 1. The molecule has 2 amide bonds. The molecule has 2 heterocycles. The quantitative estimate of drug-likeness (QED) is 0.456. The van der Waals surface area contributed by atoms with Crippen LogP contribution in [0.15, 0.2) is 96.0 Å². The van der Waals surface area contributed by atoms with Crippen molar-refractivity contribution in [2.45, 2.75) is 12.6 Å². The number of carbonyl (C=O) groups excluding carboxylic acids is 1. The summed E-state index contributed by atoms with van der Waals surface area (Å²) in [5.41, 5.74) is 5.23. The zero-order valence-corrected chi connectivity index (χ0v) is 16.6. The summed E-state index contributed by atoms with van der Waals surface area (Å²) in [5, 5.41) is 10.2. The Labute approximate surface area is 174 Å². The van der Waals surface area contributed by atoms with Crippen molar-refractivity contribution < 1.29 is 4.79 Å². The van der Waals surface area contributed by atoms with E-state index in [1.165, 1.54) is 0 Å². The van der Waals surface area contributed by atoms with Gasteiger partial charge in [-0.1, -0.05) is 60.7 Å². The van der Waals surface area contributed by atoms with Crippen LogP contribution in [0.1, 0.15) is 22.7 Å². The van der Waals surface area contributed by atoms with E-state index < -0.39 is 0 Å². The first-order valence-electron chi connectivity index (χ1n) is 9.40. The molecular formula is C24H21N3OS. The van der Waals surface area contributed by atoms with Crippen molar-refractivity contribution in [3.05, 3.63) is 113 Å². The largest absolute Gasteiger partial charge is 0.334 e. The van der Waals surface area contributed by atoms with Crippen LogP contribution in [0, 0.1) is 0 Å². The van der Waals surface area contributed by atoms with Gasteiger partial charge in [-0.05, 0) is 45.1 Å². The van der Waals surface area contributed by atoms with E-state index in [2.05, 4.69) is 33.1 Å². The molecule has 2 aromatic carbocycles. The maximum atomic E-state index is 12.6. The first kappa shape index (κ1) is 18.9. The molecule has 5 heteroatoms. The second-order valence-corrected chi connectivity index (χ2v) is 7.46. The highest BCUT2D eigenvalue weighted by Gasteiger charge is 2.16. The molecule has 0 saturated heterocycles. The molecule has 29 heavy (non-hydrogen) atoms. The molecular weight excluding hydrogens is 378 g/mol. The molecule has 0 radical (unpaired) electrons. The Morgan fingerprint density at radius 1 is 0.897 bits per heavy atom. The van der Waals surface area contributed by atoms with E-state index in [9.17, 15) is 4.79 Å². The minimum atomic E-state index is -0.219. The molecule has 0 atom stereocenters. The summed E-state index contributed by atoms with van der Waals surface area (Å²) in [6.07, 6.45) is 3.62. The number of nitrogens with one attached hydrogen (secondary N) is 2. The van der Waals surface area contributed by atoms with Crippen LogP contribution in [0.4, 0.5) is 4.79 Å². The Kier molecular flexibility index (Phi) is 5.98. The minimum absolute atomic E-state index is 0.215. The number of thiophene rings is 1. The number of nitrogens with zero attached hydrogens (tertiary/aromatic N) is 1. The first-order valence-corrected chi connectivity index (χ1v) is 10.3. The number of hydrogen-bond donors (Lipinski definition) is 2. The van der Waals surface area contributed by atoms with Gasteiger partial charge in [0.15, 0.2) is 0 Å². The van der Waals surface area contributed by atoms with Crippen molar-refractivity contribution >= 4 is 17.4 Å². The third-order valence-electron chi connectivity index (χ3n) is 4.64. The average Bonchev–Trinajstić information content (AvgIpc) is 3.33. The van der Waals surface area contributed by atoms with Crippen LogP contribution in [0.5, 0.6) is 0 Å². The summed E-state index contributed by atoms with van der Waals surface area (Å²) in [6.45, 7) is 0.410. The summed E-state index contributed by atoms with van der Waals surface area (Å²) in [4.78, 5) is 17.0. The topological polar surface area (TPSA) is 54.0 Å². The summed E-state index contributed by atoms with van der Waals surface area (Å²) in [7, 11) is 0. The Hall–Kier alpha value is -3.44. The van der Waals surface area contributed by atoms with Crippen LogP contribution in [-0.4, -0.2) is 11.0 Å². The van der Waals surface area contributed by atoms with Gasteiger partial charge in [-0.25, -0.2) is 4.79 Å². The van der Waals surface area contributed by atoms with Crippen molar-refractivity contribution in [3.8, 4) is 11.1 Å². The van der Waals surface area contributed by atoms with Gasteiger partial charge >= 0.3 is 6.03 Å². The van der Waals surface area contributed by atoms with Crippen LogP contribution >= 0.6 is 11.3 Å². The Bertz CT molecular complexity index is 1010. The molecule has 0 unspecified atom stereocenters. The molecule has 0 spiro atoms. The number of amides is 2. The van der Waals surface area contributed by atoms with Gasteiger partial charge in [-0.15, -0.1) is 0 Å². The number of aromatic nitrogens is 1. The molecule has 4 aromatic rings. The van der Waals surface area contributed by atoms with Crippen molar-refractivity contribution in [2.75, 3.05) is 0 Å². The summed E-state index contributed by atoms with van der Waals surface area (Å²) in [6, 6.07) is 23.6. The highest BCUT2D eigenvalue weighted by molar-refractivity contribution is 7.08. The molecule has 0 bridgehead atoms. The predicted octanol–water partition coefficient (Wildman–Crippen LogP) is 5.40. The molecule has 0 aliphatic heterocycles. The van der Waals surface area contributed by atoms with E-state index in [1.807, 2.05) is 72.2 Å². The van der Waals surface area contributed by atoms with Crippen LogP contribution in [0.3, 0.4) is 0 Å². The fraction of sp³-hybridized carbons (Fsp3) is 0.0833. The molecule has 144 valence electrons. The molecule has 2 aromatic heterocycles. The van der Waals surface area contributed by atoms with Crippen LogP contribution in [0.25, 0.3) is 11.1 Å². The second-order valence-electron chi connectivity index (χ2n) is 6.68. The number of hydrogen-bond acceptors (Lipinski definition) is 3. The summed E-state index contributed by atoms with van der Waals surface area (Å²) >= 11 is 1.65.